The molecule has 2 aromatic rings. The number of ketones is 1. The van der Waals surface area contributed by atoms with Crippen LogP contribution < -0.4 is 0 Å². The van der Waals surface area contributed by atoms with Crippen LogP contribution in [0.1, 0.15) is 34.3 Å². The first kappa shape index (κ1) is 14.3. The van der Waals surface area contributed by atoms with Crippen molar-refractivity contribution in [2.24, 2.45) is 0 Å². The molecule has 0 spiro atoms. The lowest BCUT2D eigenvalue weighted by molar-refractivity contribution is -0.137. The van der Waals surface area contributed by atoms with Gasteiger partial charge in [-0.3, -0.25) is 4.79 Å². The third kappa shape index (κ3) is 3.07. The number of alkyl halides is 3. The highest BCUT2D eigenvalue weighted by Crippen LogP contribution is 2.30. The van der Waals surface area contributed by atoms with Crippen LogP contribution in [0.15, 0.2) is 54.6 Å². The zero-order valence-electron chi connectivity index (χ0n) is 10.8. The monoisotopic (exact) mass is 278 g/mol. The van der Waals surface area contributed by atoms with Crippen molar-refractivity contribution < 1.29 is 18.0 Å². The van der Waals surface area contributed by atoms with Crippen LogP contribution in [-0.4, -0.2) is 5.78 Å². The summed E-state index contributed by atoms with van der Waals surface area (Å²) in [5.74, 6) is -0.790. The third-order valence-electron chi connectivity index (χ3n) is 3.17. The Morgan fingerprint density at radius 1 is 1.00 bits per heavy atom. The lowest BCUT2D eigenvalue weighted by Gasteiger charge is -2.12. The number of hydrogen-bond donors (Lipinski definition) is 0. The van der Waals surface area contributed by atoms with Crippen molar-refractivity contribution in [3.8, 4) is 0 Å². The molecule has 0 aliphatic carbocycles. The highest BCUT2D eigenvalue weighted by Gasteiger charge is 2.31. The first-order valence-electron chi connectivity index (χ1n) is 6.16. The average molecular weight is 278 g/mol. The Morgan fingerprint density at radius 2 is 1.65 bits per heavy atom. The van der Waals surface area contributed by atoms with Gasteiger partial charge < -0.3 is 0 Å². The second-order valence-electron chi connectivity index (χ2n) is 4.58. The number of benzene rings is 2. The molecule has 0 aliphatic heterocycles. The lowest BCUT2D eigenvalue weighted by atomic mass is 9.92. The first-order chi connectivity index (χ1) is 9.39. The topological polar surface area (TPSA) is 17.1 Å². The molecular formula is C16H13F3O. The third-order valence-corrected chi connectivity index (χ3v) is 3.17. The van der Waals surface area contributed by atoms with Gasteiger partial charge in [0.1, 0.15) is 0 Å². The summed E-state index contributed by atoms with van der Waals surface area (Å²) >= 11 is 0. The van der Waals surface area contributed by atoms with Crippen LogP contribution >= 0.6 is 0 Å². The maximum atomic E-state index is 12.6. The van der Waals surface area contributed by atoms with Crippen LogP contribution in [-0.2, 0) is 6.18 Å². The maximum absolute atomic E-state index is 12.6. The minimum Gasteiger partial charge on any atom is -0.294 e. The van der Waals surface area contributed by atoms with Crippen LogP contribution in [0.25, 0.3) is 0 Å². The molecular weight excluding hydrogens is 265 g/mol. The summed E-state index contributed by atoms with van der Waals surface area (Å²) in [4.78, 5) is 12.3. The summed E-state index contributed by atoms with van der Waals surface area (Å²) in [5, 5.41) is 0. The Balaban J connectivity index is 2.30. The first-order valence-corrected chi connectivity index (χ1v) is 6.16. The molecule has 104 valence electrons. The summed E-state index contributed by atoms with van der Waals surface area (Å²) < 4.78 is 37.9. The molecule has 0 amide bonds. The van der Waals surface area contributed by atoms with E-state index >= 15 is 0 Å². The molecule has 2 rings (SSSR count). The van der Waals surface area contributed by atoms with Crippen LogP contribution in [0.2, 0.25) is 0 Å². The number of carbonyl (C=O) groups excluding carboxylic acids is 1. The van der Waals surface area contributed by atoms with Gasteiger partial charge in [0.2, 0.25) is 0 Å². The van der Waals surface area contributed by atoms with Crippen molar-refractivity contribution in [3.63, 3.8) is 0 Å². The summed E-state index contributed by atoms with van der Waals surface area (Å²) in [6, 6.07) is 13.5. The molecule has 0 bridgehead atoms. The molecule has 1 unspecified atom stereocenters. The van der Waals surface area contributed by atoms with Gasteiger partial charge in [0.05, 0.1) is 5.56 Å². The van der Waals surface area contributed by atoms with E-state index in [4.69, 9.17) is 0 Å². The van der Waals surface area contributed by atoms with Crippen LogP contribution in [0.3, 0.4) is 0 Å². The van der Waals surface area contributed by atoms with Crippen molar-refractivity contribution in [2.75, 3.05) is 0 Å². The Labute approximate surface area is 115 Å². The van der Waals surface area contributed by atoms with Crippen molar-refractivity contribution in [1.82, 2.24) is 0 Å². The zero-order valence-corrected chi connectivity index (χ0v) is 10.8. The normalized spacial score (nSPS) is 13.0. The van der Waals surface area contributed by atoms with E-state index in [1.54, 1.807) is 31.2 Å². The zero-order chi connectivity index (χ0) is 14.8. The van der Waals surface area contributed by atoms with Crippen molar-refractivity contribution >= 4 is 5.78 Å². The molecule has 1 atom stereocenters. The Hall–Kier alpha value is -2.10. The van der Waals surface area contributed by atoms with Gasteiger partial charge in [-0.25, -0.2) is 0 Å². The summed E-state index contributed by atoms with van der Waals surface area (Å²) in [6.07, 6.45) is -4.44. The van der Waals surface area contributed by atoms with E-state index in [0.717, 1.165) is 17.7 Å². The number of rotatable bonds is 3. The van der Waals surface area contributed by atoms with Gasteiger partial charge in [0.25, 0.3) is 0 Å². The Bertz CT molecular complexity index is 603. The van der Waals surface area contributed by atoms with Gasteiger partial charge in [-0.2, -0.15) is 13.2 Å². The van der Waals surface area contributed by atoms with Gasteiger partial charge in [-0.05, 0) is 17.7 Å². The SMILES string of the molecule is CC(C(=O)c1cccc(C(F)(F)F)c1)c1ccccc1. The van der Waals surface area contributed by atoms with Gasteiger partial charge >= 0.3 is 6.18 Å². The van der Waals surface area contributed by atoms with E-state index < -0.39 is 17.7 Å². The molecule has 1 nitrogen and oxygen atoms in total. The largest absolute Gasteiger partial charge is 0.416 e. The molecule has 2 aromatic carbocycles. The fourth-order valence-electron chi connectivity index (χ4n) is 1.99. The fraction of sp³-hybridized carbons (Fsp3) is 0.188. The Kier molecular flexibility index (Phi) is 3.93. The maximum Gasteiger partial charge on any atom is 0.416 e. The quantitative estimate of drug-likeness (QED) is 0.744. The average Bonchev–Trinajstić information content (AvgIpc) is 2.46. The van der Waals surface area contributed by atoms with Crippen molar-refractivity contribution in [2.45, 2.75) is 19.0 Å². The van der Waals surface area contributed by atoms with Gasteiger partial charge in [0, 0.05) is 11.5 Å². The van der Waals surface area contributed by atoms with Crippen LogP contribution in [0.4, 0.5) is 13.2 Å². The summed E-state index contributed by atoms with van der Waals surface area (Å²) in [5.41, 5.74) is 0.0645. The van der Waals surface area contributed by atoms with E-state index in [9.17, 15) is 18.0 Å². The van der Waals surface area contributed by atoms with Crippen LogP contribution in [0.5, 0.6) is 0 Å². The molecule has 0 aromatic heterocycles. The number of halogens is 3. The van der Waals surface area contributed by atoms with Gasteiger partial charge in [-0.1, -0.05) is 49.4 Å². The molecule has 0 radical (unpaired) electrons. The van der Waals surface area contributed by atoms with Gasteiger partial charge in [0.15, 0.2) is 5.78 Å². The standard InChI is InChI=1S/C16H13F3O/c1-11(12-6-3-2-4-7-12)15(20)13-8-5-9-14(10-13)16(17,18)19/h2-11H,1H3. The Morgan fingerprint density at radius 3 is 2.25 bits per heavy atom. The summed E-state index contributed by atoms with van der Waals surface area (Å²) in [7, 11) is 0. The summed E-state index contributed by atoms with van der Waals surface area (Å²) in [6.45, 7) is 1.69. The lowest BCUT2D eigenvalue weighted by Crippen LogP contribution is -2.12. The molecule has 0 saturated heterocycles. The number of Topliss-reactive ketones (excluding diaryl/α,β-unsaturated/α-hetero) is 1. The minimum absolute atomic E-state index is 0.0798. The van der Waals surface area contributed by atoms with E-state index in [-0.39, 0.29) is 11.3 Å². The molecule has 0 heterocycles. The predicted molar refractivity (Wildman–Crippen MR) is 70.6 cm³/mol. The van der Waals surface area contributed by atoms with E-state index in [0.29, 0.717) is 0 Å². The molecule has 4 heteroatoms. The molecule has 0 N–H and O–H groups in total. The molecule has 0 aliphatic rings. The minimum atomic E-state index is -4.44. The van der Waals surface area contributed by atoms with Crippen molar-refractivity contribution in [1.29, 1.82) is 0 Å². The van der Waals surface area contributed by atoms with Crippen LogP contribution in [0, 0.1) is 0 Å². The highest BCUT2D eigenvalue weighted by molar-refractivity contribution is 6.00. The second-order valence-corrected chi connectivity index (χ2v) is 4.58. The van der Waals surface area contributed by atoms with Gasteiger partial charge in [-0.15, -0.1) is 0 Å². The molecule has 0 saturated carbocycles. The molecule has 0 fully saturated rings. The predicted octanol–water partition coefficient (Wildman–Crippen LogP) is 4.69. The number of carbonyl (C=O) groups is 1. The second kappa shape index (κ2) is 5.49. The van der Waals surface area contributed by atoms with E-state index in [1.807, 2.05) is 6.07 Å². The van der Waals surface area contributed by atoms with E-state index in [2.05, 4.69) is 0 Å². The number of hydrogen-bond acceptors (Lipinski definition) is 1. The smallest absolute Gasteiger partial charge is 0.294 e. The molecule has 20 heavy (non-hydrogen) atoms. The van der Waals surface area contributed by atoms with E-state index in [1.165, 1.54) is 12.1 Å². The fourth-order valence-corrected chi connectivity index (χ4v) is 1.99. The highest BCUT2D eigenvalue weighted by atomic mass is 19.4. The van der Waals surface area contributed by atoms with Crippen molar-refractivity contribution in [3.05, 3.63) is 71.3 Å².